The number of benzene rings is 1. The molecule has 1 aromatic carbocycles. The van der Waals surface area contributed by atoms with Gasteiger partial charge < -0.3 is 0 Å². The second-order valence-electron chi connectivity index (χ2n) is 5.17. The van der Waals surface area contributed by atoms with Gasteiger partial charge in [-0.15, -0.1) is 0 Å². The van der Waals surface area contributed by atoms with Crippen molar-refractivity contribution in [2.75, 3.05) is 0 Å². The molecule has 98 valence electrons. The Morgan fingerprint density at radius 3 is 2.67 bits per heavy atom. The average molecular weight is 246 g/mol. The van der Waals surface area contributed by atoms with E-state index in [1.54, 1.807) is 6.92 Å². The molecule has 0 aromatic heterocycles. The van der Waals surface area contributed by atoms with E-state index in [0.717, 1.165) is 12.8 Å². The number of carbonyl (C=O) groups excluding carboxylic acids is 1. The fraction of sp³-hybridized carbons (Fsp3) is 0.533. The molecule has 18 heavy (non-hydrogen) atoms. The quantitative estimate of drug-likeness (QED) is 0.801. The first-order chi connectivity index (χ1) is 8.75. The summed E-state index contributed by atoms with van der Waals surface area (Å²) in [5.74, 6) is 0.604. The highest BCUT2D eigenvalue weighted by Gasteiger charge is 2.25. The molecule has 0 aliphatic heterocycles. The second kappa shape index (κ2) is 6.55. The minimum atomic E-state index is -0.0148. The lowest BCUT2D eigenvalue weighted by Gasteiger charge is -2.32. The molecule has 1 amide bonds. The van der Waals surface area contributed by atoms with Crippen LogP contribution in [0, 0.1) is 5.92 Å². The molecule has 0 radical (unpaired) electrons. The van der Waals surface area contributed by atoms with Gasteiger partial charge in [0.1, 0.15) is 0 Å². The SMILES string of the molecule is CC(=O)NN[C@H]1CCCC[C@H]1Cc1ccccc1. The zero-order chi connectivity index (χ0) is 12.8. The molecule has 1 aromatic rings. The first-order valence-electron chi connectivity index (χ1n) is 6.82. The number of rotatable bonds is 4. The van der Waals surface area contributed by atoms with Crippen LogP contribution >= 0.6 is 0 Å². The van der Waals surface area contributed by atoms with Crippen molar-refractivity contribution in [2.45, 2.75) is 45.1 Å². The lowest BCUT2D eigenvalue weighted by molar-refractivity contribution is -0.120. The second-order valence-corrected chi connectivity index (χ2v) is 5.17. The van der Waals surface area contributed by atoms with Crippen LogP contribution in [-0.2, 0) is 11.2 Å². The topological polar surface area (TPSA) is 41.1 Å². The first kappa shape index (κ1) is 13.1. The van der Waals surface area contributed by atoms with Gasteiger partial charge in [0.15, 0.2) is 0 Å². The first-order valence-corrected chi connectivity index (χ1v) is 6.82. The standard InChI is InChI=1S/C15H22N2O/c1-12(18)16-17-15-10-6-5-9-14(15)11-13-7-3-2-4-8-13/h2-4,7-8,14-15,17H,5-6,9-11H2,1H3,(H,16,18)/t14-,15-/m0/s1. The van der Waals surface area contributed by atoms with Gasteiger partial charge in [-0.3, -0.25) is 10.2 Å². The third-order valence-electron chi connectivity index (χ3n) is 3.68. The Morgan fingerprint density at radius 2 is 1.94 bits per heavy atom. The van der Waals surface area contributed by atoms with E-state index < -0.39 is 0 Å². The highest BCUT2D eigenvalue weighted by atomic mass is 16.2. The van der Waals surface area contributed by atoms with Gasteiger partial charge in [-0.25, -0.2) is 5.43 Å². The molecule has 2 rings (SSSR count). The van der Waals surface area contributed by atoms with Gasteiger partial charge in [0, 0.05) is 13.0 Å². The summed E-state index contributed by atoms with van der Waals surface area (Å²) in [4.78, 5) is 11.0. The average Bonchev–Trinajstić information content (AvgIpc) is 2.39. The van der Waals surface area contributed by atoms with Crippen LogP contribution in [0.2, 0.25) is 0 Å². The van der Waals surface area contributed by atoms with Gasteiger partial charge >= 0.3 is 0 Å². The fourth-order valence-corrected chi connectivity index (χ4v) is 2.75. The highest BCUT2D eigenvalue weighted by molar-refractivity contribution is 5.72. The maximum Gasteiger partial charge on any atom is 0.230 e. The summed E-state index contributed by atoms with van der Waals surface area (Å²) in [7, 11) is 0. The van der Waals surface area contributed by atoms with E-state index in [4.69, 9.17) is 0 Å². The minimum absolute atomic E-state index is 0.0148. The predicted octanol–water partition coefficient (Wildman–Crippen LogP) is 2.43. The van der Waals surface area contributed by atoms with Crippen molar-refractivity contribution in [3.8, 4) is 0 Å². The molecule has 0 bridgehead atoms. The maximum absolute atomic E-state index is 11.0. The Morgan fingerprint density at radius 1 is 1.22 bits per heavy atom. The third kappa shape index (κ3) is 3.84. The number of amides is 1. The molecular formula is C15H22N2O. The Kier molecular flexibility index (Phi) is 4.76. The summed E-state index contributed by atoms with van der Waals surface area (Å²) in [5.41, 5.74) is 7.32. The number of carbonyl (C=O) groups is 1. The number of hydrogen-bond donors (Lipinski definition) is 2. The zero-order valence-corrected chi connectivity index (χ0v) is 11.0. The summed E-state index contributed by atoms with van der Waals surface area (Å²) >= 11 is 0. The molecule has 3 heteroatoms. The largest absolute Gasteiger partial charge is 0.292 e. The van der Waals surface area contributed by atoms with Gasteiger partial charge in [-0.1, -0.05) is 43.2 Å². The molecule has 1 aliphatic rings. The number of hydrazine groups is 1. The lowest BCUT2D eigenvalue weighted by Crippen LogP contribution is -2.48. The van der Waals surface area contributed by atoms with E-state index in [2.05, 4.69) is 41.2 Å². The van der Waals surface area contributed by atoms with Crippen LogP contribution in [0.1, 0.15) is 38.2 Å². The van der Waals surface area contributed by atoms with Crippen molar-refractivity contribution >= 4 is 5.91 Å². The summed E-state index contributed by atoms with van der Waals surface area (Å²) < 4.78 is 0. The Hall–Kier alpha value is -1.35. The van der Waals surface area contributed by atoms with Crippen molar-refractivity contribution in [1.29, 1.82) is 0 Å². The van der Waals surface area contributed by atoms with Gasteiger partial charge in [-0.2, -0.15) is 0 Å². The summed E-state index contributed by atoms with van der Waals surface area (Å²) in [5, 5.41) is 0. The van der Waals surface area contributed by atoms with E-state index in [1.807, 2.05) is 0 Å². The van der Waals surface area contributed by atoms with E-state index in [9.17, 15) is 4.79 Å². The molecule has 1 aliphatic carbocycles. The minimum Gasteiger partial charge on any atom is -0.292 e. The molecule has 0 unspecified atom stereocenters. The predicted molar refractivity (Wildman–Crippen MR) is 72.8 cm³/mol. The molecule has 1 saturated carbocycles. The number of nitrogens with one attached hydrogen (secondary N) is 2. The highest BCUT2D eigenvalue weighted by Crippen LogP contribution is 2.27. The van der Waals surface area contributed by atoms with Crippen molar-refractivity contribution in [3.05, 3.63) is 35.9 Å². The summed E-state index contributed by atoms with van der Waals surface area (Å²) in [6, 6.07) is 11.0. The molecule has 2 N–H and O–H groups in total. The Bertz CT molecular complexity index is 377. The zero-order valence-electron chi connectivity index (χ0n) is 11.0. The van der Waals surface area contributed by atoms with Gasteiger partial charge in [0.2, 0.25) is 5.91 Å². The molecule has 3 nitrogen and oxygen atoms in total. The molecule has 0 heterocycles. The fourth-order valence-electron chi connectivity index (χ4n) is 2.75. The van der Waals surface area contributed by atoms with Crippen LogP contribution in [0.25, 0.3) is 0 Å². The van der Waals surface area contributed by atoms with Crippen LogP contribution in [0.15, 0.2) is 30.3 Å². The van der Waals surface area contributed by atoms with Crippen LogP contribution in [0.5, 0.6) is 0 Å². The monoisotopic (exact) mass is 246 g/mol. The normalized spacial score (nSPS) is 23.6. The Balaban J connectivity index is 1.93. The molecular weight excluding hydrogens is 224 g/mol. The van der Waals surface area contributed by atoms with Crippen LogP contribution < -0.4 is 10.9 Å². The smallest absolute Gasteiger partial charge is 0.230 e. The van der Waals surface area contributed by atoms with Crippen LogP contribution in [-0.4, -0.2) is 11.9 Å². The van der Waals surface area contributed by atoms with Crippen molar-refractivity contribution in [3.63, 3.8) is 0 Å². The third-order valence-corrected chi connectivity index (χ3v) is 3.68. The van der Waals surface area contributed by atoms with Crippen molar-refractivity contribution in [1.82, 2.24) is 10.9 Å². The van der Waals surface area contributed by atoms with Crippen LogP contribution in [0.4, 0.5) is 0 Å². The van der Waals surface area contributed by atoms with E-state index >= 15 is 0 Å². The Labute approximate surface area is 109 Å². The van der Waals surface area contributed by atoms with E-state index in [0.29, 0.717) is 12.0 Å². The van der Waals surface area contributed by atoms with Gasteiger partial charge in [0.05, 0.1) is 0 Å². The number of hydrogen-bond acceptors (Lipinski definition) is 2. The van der Waals surface area contributed by atoms with Gasteiger partial charge in [0.25, 0.3) is 0 Å². The van der Waals surface area contributed by atoms with E-state index in [1.165, 1.54) is 24.8 Å². The lowest BCUT2D eigenvalue weighted by atomic mass is 9.81. The van der Waals surface area contributed by atoms with Crippen molar-refractivity contribution < 1.29 is 4.79 Å². The van der Waals surface area contributed by atoms with Crippen molar-refractivity contribution in [2.24, 2.45) is 5.92 Å². The summed E-state index contributed by atoms with van der Waals surface area (Å²) in [6.45, 7) is 1.54. The van der Waals surface area contributed by atoms with E-state index in [-0.39, 0.29) is 5.91 Å². The maximum atomic E-state index is 11.0. The summed E-state index contributed by atoms with van der Waals surface area (Å²) in [6.07, 6.45) is 6.04. The molecule has 2 atom stereocenters. The molecule has 0 saturated heterocycles. The molecule has 1 fully saturated rings. The molecule has 0 spiro atoms. The van der Waals surface area contributed by atoms with Crippen LogP contribution in [0.3, 0.4) is 0 Å². The van der Waals surface area contributed by atoms with Gasteiger partial charge in [-0.05, 0) is 30.7 Å².